The molecule has 1 fully saturated rings. The molecule has 0 spiro atoms. The number of carboxylic acid groups (broad SMARTS) is 1. The number of carboxylic acids is 1. The van der Waals surface area contributed by atoms with Crippen LogP contribution >= 0.6 is 0 Å². The van der Waals surface area contributed by atoms with Gasteiger partial charge in [-0.2, -0.15) is 13.2 Å². The van der Waals surface area contributed by atoms with Gasteiger partial charge in [0.25, 0.3) is 0 Å². The van der Waals surface area contributed by atoms with Crippen molar-refractivity contribution < 1.29 is 47.0 Å². The normalized spacial score (nSPS) is 22.9. The van der Waals surface area contributed by atoms with Crippen molar-refractivity contribution in [3.05, 3.63) is 35.9 Å². The summed E-state index contributed by atoms with van der Waals surface area (Å²) in [4.78, 5) is 79.0. The molecule has 1 aromatic carbocycles. The third-order valence-corrected chi connectivity index (χ3v) is 7.15. The summed E-state index contributed by atoms with van der Waals surface area (Å²) in [5, 5.41) is 23.9. The molecule has 1 aliphatic heterocycles. The van der Waals surface area contributed by atoms with Gasteiger partial charge >= 0.3 is 12.1 Å². The van der Waals surface area contributed by atoms with E-state index in [0.717, 1.165) is 0 Å². The lowest BCUT2D eigenvalue weighted by molar-refractivity contribution is -0.192. The number of amides is 5. The number of guanidine groups is 1. The summed E-state index contributed by atoms with van der Waals surface area (Å²) in [6, 6.07) is 5.72. The highest BCUT2D eigenvalue weighted by Crippen LogP contribution is 2.17. The van der Waals surface area contributed by atoms with Gasteiger partial charge < -0.3 is 42.7 Å². The van der Waals surface area contributed by atoms with Crippen LogP contribution in [-0.2, 0) is 28.8 Å². The number of rotatable bonds is 8. The summed E-state index contributed by atoms with van der Waals surface area (Å²) in [6.45, 7) is 7.11. The molecule has 48 heavy (non-hydrogen) atoms. The van der Waals surface area contributed by atoms with Crippen LogP contribution in [0.2, 0.25) is 0 Å². The molecule has 0 radical (unpaired) electrons. The van der Waals surface area contributed by atoms with Gasteiger partial charge in [0, 0.05) is 26.1 Å². The van der Waals surface area contributed by atoms with Gasteiger partial charge in [0.1, 0.15) is 23.7 Å². The Morgan fingerprint density at radius 1 is 1.04 bits per heavy atom. The largest absolute Gasteiger partial charge is 0.490 e. The number of carbonyl (C=O) groups excluding carboxylic acids is 5. The van der Waals surface area contributed by atoms with Crippen molar-refractivity contribution in [2.45, 2.75) is 83.2 Å². The average molecular weight is 687 g/mol. The Hall–Kier alpha value is -4.90. The number of aliphatic imine (C=N–C) groups is 1. The van der Waals surface area contributed by atoms with Gasteiger partial charge in [-0.1, -0.05) is 51.1 Å². The van der Waals surface area contributed by atoms with Gasteiger partial charge in [-0.15, -0.1) is 0 Å². The second kappa shape index (κ2) is 19.0. The molecule has 2 rings (SSSR count). The van der Waals surface area contributed by atoms with Crippen LogP contribution in [0, 0.1) is 5.92 Å². The second-order valence-electron chi connectivity index (χ2n) is 11.3. The molecule has 1 saturated heterocycles. The quantitative estimate of drug-likeness (QED) is 0.106. The molecular formula is C30H45F3N8O7. The Labute approximate surface area is 276 Å². The average Bonchev–Trinajstić information content (AvgIpc) is 3.02. The van der Waals surface area contributed by atoms with Gasteiger partial charge in [0.2, 0.25) is 29.5 Å². The topological polar surface area (TPSA) is 233 Å². The first-order chi connectivity index (χ1) is 22.4. The lowest BCUT2D eigenvalue weighted by Crippen LogP contribution is -2.63. The van der Waals surface area contributed by atoms with E-state index in [1.165, 1.54) is 0 Å². The monoisotopic (exact) mass is 686 g/mol. The van der Waals surface area contributed by atoms with Crippen molar-refractivity contribution in [3.63, 3.8) is 0 Å². The number of carbonyl (C=O) groups is 6. The smallest absolute Gasteiger partial charge is 0.475 e. The highest BCUT2D eigenvalue weighted by molar-refractivity contribution is 5.97. The lowest BCUT2D eigenvalue weighted by atomic mass is 9.94. The standard InChI is InChI=1S/C28H44N8O5.C2HF3O2/c1-6-19-23(38)35-21(18-11-8-7-9-12-18)25(40)31-16-14-28(4,36-22(37)17(2)3)26(41)34-20(24(39)33-19)13-10-15-32-27(29)30-5;3-2(4,5)1(6)7/h7-9,11-12,17,19-21H,6,10,13-16H2,1-5H3,(H,31,40)(H,33,39)(H,34,41)(H,35,38)(H,36,37)(H3,29,30,32);(H,6,7)/t19-,20?,21+,28+;/m0./s1. The van der Waals surface area contributed by atoms with Crippen LogP contribution in [0.1, 0.15) is 65.0 Å². The van der Waals surface area contributed by atoms with Gasteiger partial charge in [-0.3, -0.25) is 29.0 Å². The number of alkyl halides is 3. The number of hydrogen-bond donors (Lipinski definition) is 8. The van der Waals surface area contributed by atoms with E-state index in [9.17, 15) is 37.1 Å². The minimum absolute atomic E-state index is 0.0218. The van der Waals surface area contributed by atoms with E-state index in [1.54, 1.807) is 65.1 Å². The van der Waals surface area contributed by atoms with E-state index < -0.39 is 65.4 Å². The third-order valence-electron chi connectivity index (χ3n) is 7.15. The Balaban J connectivity index is 0.00000148. The SMILES string of the molecule is CC[C@@H]1NC(=O)C(CCCNC(N)=NC)NC(=O)[C@](C)(NC(=O)C(C)C)CCNC(=O)[C@@H](c2ccccc2)NC1=O.O=C(O)C(F)(F)F. The molecule has 5 amide bonds. The molecule has 4 atom stereocenters. The molecule has 1 unspecified atom stereocenters. The highest BCUT2D eigenvalue weighted by Gasteiger charge is 2.39. The molecule has 9 N–H and O–H groups in total. The maximum absolute atomic E-state index is 13.6. The van der Waals surface area contributed by atoms with Crippen molar-refractivity contribution >= 4 is 41.5 Å². The van der Waals surface area contributed by atoms with Crippen LogP contribution < -0.4 is 37.6 Å². The predicted molar refractivity (Wildman–Crippen MR) is 169 cm³/mol. The minimum Gasteiger partial charge on any atom is -0.475 e. The molecule has 0 saturated carbocycles. The van der Waals surface area contributed by atoms with Crippen LogP contribution in [-0.4, -0.2) is 90.5 Å². The molecule has 268 valence electrons. The van der Waals surface area contributed by atoms with Crippen molar-refractivity contribution in [1.29, 1.82) is 0 Å². The summed E-state index contributed by atoms with van der Waals surface area (Å²) in [7, 11) is 1.54. The maximum atomic E-state index is 13.6. The van der Waals surface area contributed by atoms with E-state index >= 15 is 0 Å². The van der Waals surface area contributed by atoms with Crippen molar-refractivity contribution in [3.8, 4) is 0 Å². The van der Waals surface area contributed by atoms with Crippen LogP contribution in [0.25, 0.3) is 0 Å². The number of aliphatic carboxylic acids is 1. The molecule has 1 heterocycles. The Morgan fingerprint density at radius 2 is 1.62 bits per heavy atom. The highest BCUT2D eigenvalue weighted by atomic mass is 19.4. The molecule has 0 aromatic heterocycles. The molecular weight excluding hydrogens is 641 g/mol. The fourth-order valence-corrected chi connectivity index (χ4v) is 4.19. The van der Waals surface area contributed by atoms with Crippen LogP contribution in [0.15, 0.2) is 35.3 Å². The summed E-state index contributed by atoms with van der Waals surface area (Å²) in [5.74, 6) is -5.43. The molecule has 18 heteroatoms. The van der Waals surface area contributed by atoms with E-state index in [4.69, 9.17) is 15.6 Å². The number of hydrogen-bond acceptors (Lipinski definition) is 7. The van der Waals surface area contributed by atoms with Gasteiger partial charge in [-0.05, 0) is 38.2 Å². The maximum Gasteiger partial charge on any atom is 0.490 e. The van der Waals surface area contributed by atoms with Gasteiger partial charge in [-0.25, -0.2) is 4.79 Å². The molecule has 1 aromatic rings. The lowest BCUT2D eigenvalue weighted by Gasteiger charge is -2.33. The van der Waals surface area contributed by atoms with E-state index in [1.807, 2.05) is 0 Å². The zero-order valence-corrected chi connectivity index (χ0v) is 27.5. The Bertz CT molecular complexity index is 1310. The van der Waals surface area contributed by atoms with Gasteiger partial charge in [0.15, 0.2) is 5.96 Å². The second-order valence-corrected chi connectivity index (χ2v) is 11.3. The van der Waals surface area contributed by atoms with Crippen molar-refractivity contribution in [1.82, 2.24) is 31.9 Å². The summed E-state index contributed by atoms with van der Waals surface area (Å²) in [5.41, 5.74) is 4.80. The van der Waals surface area contributed by atoms with Crippen LogP contribution in [0.5, 0.6) is 0 Å². The van der Waals surface area contributed by atoms with E-state index in [0.29, 0.717) is 18.5 Å². The fraction of sp³-hybridized carbons (Fsp3) is 0.567. The number of halogens is 3. The van der Waals surface area contributed by atoms with Gasteiger partial charge in [0.05, 0.1) is 0 Å². The Kier molecular flexibility index (Phi) is 16.3. The van der Waals surface area contributed by atoms with Crippen molar-refractivity contribution in [2.24, 2.45) is 16.6 Å². The van der Waals surface area contributed by atoms with E-state index in [2.05, 4.69) is 36.9 Å². The van der Waals surface area contributed by atoms with Crippen LogP contribution in [0.3, 0.4) is 0 Å². The number of nitrogens with one attached hydrogen (secondary N) is 6. The predicted octanol–water partition coefficient (Wildman–Crippen LogP) is 0.222. The molecule has 1 aliphatic rings. The third kappa shape index (κ3) is 13.4. The Morgan fingerprint density at radius 3 is 2.15 bits per heavy atom. The molecule has 15 nitrogen and oxygen atoms in total. The first-order valence-corrected chi connectivity index (χ1v) is 15.2. The van der Waals surface area contributed by atoms with Crippen LogP contribution in [0.4, 0.5) is 13.2 Å². The van der Waals surface area contributed by atoms with Crippen molar-refractivity contribution in [2.75, 3.05) is 20.1 Å². The zero-order valence-electron chi connectivity index (χ0n) is 27.5. The summed E-state index contributed by atoms with van der Waals surface area (Å²) < 4.78 is 31.7. The first-order valence-electron chi connectivity index (χ1n) is 15.2. The molecule has 0 aliphatic carbocycles. The summed E-state index contributed by atoms with van der Waals surface area (Å²) >= 11 is 0. The number of nitrogens with two attached hydrogens (primary N) is 1. The molecule has 0 bridgehead atoms. The number of nitrogens with zero attached hydrogens (tertiary/aromatic N) is 1. The van der Waals surface area contributed by atoms with E-state index in [-0.39, 0.29) is 37.7 Å². The first kappa shape index (κ1) is 41.1. The zero-order chi connectivity index (χ0) is 36.7. The summed E-state index contributed by atoms with van der Waals surface area (Å²) in [6.07, 6.45) is -4.14. The number of benzene rings is 1. The fourth-order valence-electron chi connectivity index (χ4n) is 4.19. The minimum atomic E-state index is -5.08.